The van der Waals surface area contributed by atoms with E-state index in [1.54, 1.807) is 27.0 Å². The molecule has 2 bridgehead atoms. The number of hydrogen-bond acceptors (Lipinski definition) is 13. The van der Waals surface area contributed by atoms with Crippen molar-refractivity contribution in [3.63, 3.8) is 0 Å². The summed E-state index contributed by atoms with van der Waals surface area (Å²) in [4.78, 5) is 73.3. The number of nitrogens with zero attached hydrogens (tertiary/aromatic N) is 1. The first-order chi connectivity index (χ1) is 33.8. The molecule has 402 valence electrons. The van der Waals surface area contributed by atoms with Crippen LogP contribution in [0.1, 0.15) is 158 Å². The number of rotatable bonds is 12. The third kappa shape index (κ3) is 16.8. The molecule has 0 aromatic heterocycles. The number of carbonyl (C=O) groups excluding carboxylic acids is 5. The molecular weight excluding hydrogens is 907 g/mol. The highest BCUT2D eigenvalue weighted by Crippen LogP contribution is 2.39. The summed E-state index contributed by atoms with van der Waals surface area (Å²) in [5.41, 5.74) is 1.37. The van der Waals surface area contributed by atoms with Gasteiger partial charge in [-0.25, -0.2) is 4.79 Å². The number of aliphatic hydroxyl groups is 2. The molecule has 1 saturated carbocycles. The molecule has 1 aliphatic carbocycles. The molecule has 0 aromatic rings. The van der Waals surface area contributed by atoms with E-state index >= 15 is 0 Å². The maximum atomic E-state index is 14.7. The Hall–Kier alpha value is -3.37. The van der Waals surface area contributed by atoms with Crippen LogP contribution in [0.15, 0.2) is 47.6 Å². The number of ketones is 3. The first-order valence-electron chi connectivity index (χ1n) is 26.9. The molecule has 0 spiro atoms. The largest absolute Gasteiger partial charge is 0.460 e. The lowest BCUT2D eigenvalue weighted by atomic mass is 9.78. The average Bonchev–Trinajstić information content (AvgIpc) is 3.35. The number of allylic oxidation sites excluding steroid dienone is 6. The van der Waals surface area contributed by atoms with E-state index in [1.165, 1.54) is 19.1 Å². The van der Waals surface area contributed by atoms with Gasteiger partial charge in [0.2, 0.25) is 5.79 Å². The van der Waals surface area contributed by atoms with Crippen LogP contribution in [0.5, 0.6) is 0 Å². The van der Waals surface area contributed by atoms with E-state index in [1.807, 2.05) is 65.0 Å². The van der Waals surface area contributed by atoms with Crippen LogP contribution in [-0.2, 0) is 52.4 Å². The monoisotopic (exact) mass is 998 g/mol. The lowest BCUT2D eigenvalue weighted by Gasteiger charge is -2.45. The number of cyclic esters (lactones) is 1. The van der Waals surface area contributed by atoms with Gasteiger partial charge in [-0.3, -0.25) is 19.2 Å². The Balaban J connectivity index is 1.74. The minimum atomic E-state index is -1.89. The van der Waals surface area contributed by atoms with E-state index in [-0.39, 0.29) is 60.9 Å². The number of piperidine rings is 1. The molecule has 0 aromatic carbocycles. The molecule has 14 nitrogen and oxygen atoms in total. The van der Waals surface area contributed by atoms with Gasteiger partial charge in [0.15, 0.2) is 5.78 Å². The number of carbonyl (C=O) groups is 5. The molecule has 71 heavy (non-hydrogen) atoms. The van der Waals surface area contributed by atoms with Crippen molar-refractivity contribution in [1.29, 1.82) is 0 Å². The van der Waals surface area contributed by atoms with Crippen LogP contribution in [0.3, 0.4) is 0 Å². The summed E-state index contributed by atoms with van der Waals surface area (Å²) in [6, 6.07) is -1.09. The van der Waals surface area contributed by atoms with Crippen molar-refractivity contribution in [3.8, 4) is 0 Å². The van der Waals surface area contributed by atoms with Crippen LogP contribution < -0.4 is 0 Å². The third-order valence-electron chi connectivity index (χ3n) is 15.8. The number of unbranched alkanes of at least 4 members (excludes halogenated alkanes) is 3. The summed E-state index contributed by atoms with van der Waals surface area (Å²) in [5.74, 6) is -6.63. The predicted octanol–water partition coefficient (Wildman–Crippen LogP) is 8.79. The Morgan fingerprint density at radius 1 is 0.845 bits per heavy atom. The zero-order valence-electron chi connectivity index (χ0n) is 45.1. The predicted molar refractivity (Wildman–Crippen MR) is 273 cm³/mol. The fourth-order valence-corrected chi connectivity index (χ4v) is 11.1. The van der Waals surface area contributed by atoms with Gasteiger partial charge in [-0.05, 0) is 113 Å². The Morgan fingerprint density at radius 3 is 2.28 bits per heavy atom. The highest BCUT2D eigenvalue weighted by atomic mass is 16.7. The van der Waals surface area contributed by atoms with Gasteiger partial charge in [0.25, 0.3) is 11.7 Å². The van der Waals surface area contributed by atoms with Crippen molar-refractivity contribution in [2.75, 3.05) is 34.5 Å². The van der Waals surface area contributed by atoms with Crippen molar-refractivity contribution < 1.29 is 62.6 Å². The maximum absolute atomic E-state index is 14.7. The number of esters is 1. The topological polar surface area (TPSA) is 184 Å². The summed E-state index contributed by atoms with van der Waals surface area (Å²) in [5, 5.41) is 22.1. The fraction of sp³-hybridized carbons (Fsp3) is 0.772. The quantitative estimate of drug-likeness (QED) is 0.0819. The highest BCUT2D eigenvalue weighted by Gasteiger charge is 2.55. The Kier molecular flexibility index (Phi) is 25.0. The van der Waals surface area contributed by atoms with Crippen molar-refractivity contribution in [3.05, 3.63) is 47.6 Å². The average molecular weight is 998 g/mol. The second-order valence-corrected chi connectivity index (χ2v) is 21.5. The molecule has 1 unspecified atom stereocenters. The van der Waals surface area contributed by atoms with E-state index in [0.29, 0.717) is 70.0 Å². The standard InChI is InChI=1S/C57H91NO13/c1-12-13-14-20-29-69-48-34-44-26-24-42(8)57(68-11,71-44)54(63)55(64)58-28-19-18-23-45(58)56(65)70-49(39(5)32-43-25-27-46(59)50(33-43)66-9)35-47(60)38(4)31-41(7)52(62)53(67-10)51(61)40(6)30-36(2)21-16-15-17-22-37(48)3/h15-17,21-22,31,36,38-40,42-46,48-50,52-53,59,62H,12-14,18-20,23-30,32-35H2,1-11H3/b17-15+,21-16+,37-22+,41-31+/t36-,38-,39-,40-,42-,43+,44+,45+,46-,48?,49+,50-,52-,53+,57-/m1/s1. The molecule has 4 rings (SSSR count). The third-order valence-corrected chi connectivity index (χ3v) is 15.8. The van der Waals surface area contributed by atoms with Crippen LogP contribution in [0, 0.1) is 35.5 Å². The second-order valence-electron chi connectivity index (χ2n) is 21.5. The van der Waals surface area contributed by atoms with Crippen LogP contribution in [0.4, 0.5) is 0 Å². The Labute approximate surface area is 425 Å². The van der Waals surface area contributed by atoms with Gasteiger partial charge in [-0.2, -0.15) is 0 Å². The number of fused-ring (bicyclic) bond motifs is 3. The van der Waals surface area contributed by atoms with Crippen molar-refractivity contribution in [1.82, 2.24) is 4.90 Å². The molecule has 3 fully saturated rings. The normalized spacial score (nSPS) is 38.0. The Morgan fingerprint density at radius 2 is 1.59 bits per heavy atom. The van der Waals surface area contributed by atoms with Gasteiger partial charge in [-0.1, -0.05) is 97.3 Å². The highest BCUT2D eigenvalue weighted by molar-refractivity contribution is 6.39. The lowest BCUT2D eigenvalue weighted by Crippen LogP contribution is -2.61. The number of aliphatic hydroxyl groups excluding tert-OH is 2. The zero-order chi connectivity index (χ0) is 52.4. The summed E-state index contributed by atoms with van der Waals surface area (Å²) in [7, 11) is 4.36. The molecule has 1 amide bonds. The minimum Gasteiger partial charge on any atom is -0.460 e. The van der Waals surface area contributed by atoms with Gasteiger partial charge in [0.05, 0.1) is 24.4 Å². The summed E-state index contributed by atoms with van der Waals surface area (Å²) in [6.07, 6.45) is 16.5. The molecule has 15 atom stereocenters. The van der Waals surface area contributed by atoms with Crippen molar-refractivity contribution in [2.45, 2.75) is 213 Å². The minimum absolute atomic E-state index is 0.0284. The van der Waals surface area contributed by atoms with Gasteiger partial charge >= 0.3 is 5.97 Å². The smallest absolute Gasteiger partial charge is 0.329 e. The van der Waals surface area contributed by atoms with E-state index in [2.05, 4.69) is 6.92 Å². The van der Waals surface area contributed by atoms with Crippen molar-refractivity contribution >= 4 is 29.2 Å². The van der Waals surface area contributed by atoms with E-state index in [9.17, 15) is 34.2 Å². The van der Waals surface area contributed by atoms with E-state index in [0.717, 1.165) is 37.7 Å². The number of ether oxygens (including phenoxy) is 6. The molecule has 2 saturated heterocycles. The van der Waals surface area contributed by atoms with Gasteiger partial charge in [-0.15, -0.1) is 0 Å². The zero-order valence-corrected chi connectivity index (χ0v) is 45.1. The summed E-state index contributed by atoms with van der Waals surface area (Å²) < 4.78 is 36.8. The van der Waals surface area contributed by atoms with E-state index < -0.39 is 77.8 Å². The molecule has 3 aliphatic heterocycles. The number of hydrogen-bond donors (Lipinski definition) is 2. The lowest BCUT2D eigenvalue weighted by molar-refractivity contribution is -0.277. The van der Waals surface area contributed by atoms with Gasteiger partial charge in [0.1, 0.15) is 30.1 Å². The SMILES string of the molecule is CCCCCCOC1C[C@@H]2CC[C@@H](C)[C@@](OC)(O2)C(=O)C(=O)N2CCCC[C@H]2C(=O)O[C@H]([C@H](C)C[C@@H]2CC[C@@H](O)[C@H](OC)C2)CC(=O)[C@H](C)/C=C(\C)[C@@H](O)[C@@H](OC)C(=O)[C@H](C)C[C@H](C)/C=C/C=C/C=C/1C. The second kappa shape index (κ2) is 29.5. The van der Waals surface area contributed by atoms with Crippen LogP contribution in [-0.4, -0.2) is 133 Å². The molecule has 0 radical (unpaired) electrons. The van der Waals surface area contributed by atoms with E-state index in [4.69, 9.17) is 28.4 Å². The number of methoxy groups -OCH3 is 3. The van der Waals surface area contributed by atoms with Gasteiger partial charge in [0, 0.05) is 65.1 Å². The maximum Gasteiger partial charge on any atom is 0.329 e. The molecule has 14 heteroatoms. The fourth-order valence-electron chi connectivity index (χ4n) is 11.1. The Bertz CT molecular complexity index is 1860. The molecule has 2 N–H and O–H groups in total. The first kappa shape index (κ1) is 60.2. The van der Waals surface area contributed by atoms with Crippen molar-refractivity contribution in [2.24, 2.45) is 35.5 Å². The first-order valence-corrected chi connectivity index (χ1v) is 26.9. The van der Waals surface area contributed by atoms with Crippen LogP contribution in [0.25, 0.3) is 0 Å². The van der Waals surface area contributed by atoms with Gasteiger partial charge < -0.3 is 43.5 Å². The number of amides is 1. The number of Topliss-reactive ketones (excluding diaryl/α,β-unsaturated/α-hetero) is 3. The van der Waals surface area contributed by atoms with Crippen LogP contribution in [0.2, 0.25) is 0 Å². The molecule has 4 aliphatic rings. The van der Waals surface area contributed by atoms with Crippen LogP contribution >= 0.6 is 0 Å². The summed E-state index contributed by atoms with van der Waals surface area (Å²) in [6.45, 7) is 15.9. The summed E-state index contributed by atoms with van der Waals surface area (Å²) >= 11 is 0. The molecule has 3 heterocycles. The molecular formula is C57H91NO13.